The van der Waals surface area contributed by atoms with Crippen LogP contribution in [0.3, 0.4) is 0 Å². The second kappa shape index (κ2) is 13.4. The van der Waals surface area contributed by atoms with Crippen molar-refractivity contribution in [1.29, 1.82) is 0 Å². The number of hydrogen-bond acceptors (Lipinski definition) is 5. The molecule has 0 aliphatic heterocycles. The number of unbranched alkanes of at least 4 members (excludes halogenated alkanes) is 1. The Kier molecular flexibility index (Phi) is 10.3. The van der Waals surface area contributed by atoms with Crippen LogP contribution in [-0.2, 0) is 9.59 Å². The summed E-state index contributed by atoms with van der Waals surface area (Å²) in [6, 6.07) is 14.5. The molecule has 0 spiro atoms. The number of rotatable bonds is 11. The fourth-order valence-corrected chi connectivity index (χ4v) is 3.10. The molecule has 0 radical (unpaired) electrons. The maximum atomic E-state index is 12.4. The van der Waals surface area contributed by atoms with Crippen molar-refractivity contribution in [2.45, 2.75) is 44.2 Å². The summed E-state index contributed by atoms with van der Waals surface area (Å²) in [5.74, 6) is 3.55. The number of hydrogen-bond donors (Lipinski definition) is 5. The molecule has 2 atom stereocenters. The van der Waals surface area contributed by atoms with Gasteiger partial charge in [-0.1, -0.05) is 42.2 Å². The van der Waals surface area contributed by atoms with Gasteiger partial charge >= 0.3 is 5.97 Å². The smallest absolute Gasteiger partial charge is 0.305 e. The number of carboxylic acids is 1. The first-order chi connectivity index (χ1) is 16.2. The highest BCUT2D eigenvalue weighted by atomic mass is 16.4. The number of amides is 1. The zero-order valence-electron chi connectivity index (χ0n) is 18.6. The standard InChI is InChI=1S/C25H28N4O5/c26-25(27)28-19-10-6-9-18(15-19)21(30)11-4-5-12-23(32)29-20(16-24(33)34)22(31)14-13-17-7-2-1-3-8-17/h1-3,6-10,15,20,22,31H,4-5,11-12,16H2,(H,29,32)(H,33,34)(H4,26,27,28). The van der Waals surface area contributed by atoms with Crippen LogP contribution in [0.15, 0.2) is 59.6 Å². The number of carbonyl (C=O) groups excluding carboxylic acids is 2. The lowest BCUT2D eigenvalue weighted by Gasteiger charge is -2.19. The number of nitrogens with two attached hydrogens (primary N) is 2. The predicted octanol–water partition coefficient (Wildman–Crippen LogP) is 1.71. The van der Waals surface area contributed by atoms with Crippen molar-refractivity contribution in [3.63, 3.8) is 0 Å². The van der Waals surface area contributed by atoms with Gasteiger partial charge in [0.25, 0.3) is 0 Å². The Balaban J connectivity index is 1.84. The lowest BCUT2D eigenvalue weighted by atomic mass is 10.0. The maximum Gasteiger partial charge on any atom is 0.305 e. The number of nitrogens with zero attached hydrogens (tertiary/aromatic N) is 1. The van der Waals surface area contributed by atoms with Gasteiger partial charge in [0.2, 0.25) is 5.91 Å². The quantitative estimate of drug-likeness (QED) is 0.111. The van der Waals surface area contributed by atoms with Crippen LogP contribution in [0.4, 0.5) is 5.69 Å². The molecule has 7 N–H and O–H groups in total. The zero-order valence-corrected chi connectivity index (χ0v) is 18.6. The van der Waals surface area contributed by atoms with Crippen LogP contribution in [0.2, 0.25) is 0 Å². The van der Waals surface area contributed by atoms with Gasteiger partial charge in [-0.15, -0.1) is 0 Å². The van der Waals surface area contributed by atoms with Gasteiger partial charge in [0, 0.05) is 24.0 Å². The summed E-state index contributed by atoms with van der Waals surface area (Å²) in [6.45, 7) is 0. The highest BCUT2D eigenvalue weighted by Gasteiger charge is 2.22. The van der Waals surface area contributed by atoms with E-state index in [-0.39, 0.29) is 24.6 Å². The molecule has 2 unspecified atom stereocenters. The summed E-state index contributed by atoms with van der Waals surface area (Å²) in [7, 11) is 0. The normalized spacial score (nSPS) is 11.9. The zero-order chi connectivity index (χ0) is 24.9. The predicted molar refractivity (Wildman–Crippen MR) is 128 cm³/mol. The van der Waals surface area contributed by atoms with Gasteiger partial charge in [0.15, 0.2) is 11.7 Å². The summed E-state index contributed by atoms with van der Waals surface area (Å²) in [5.41, 5.74) is 12.3. The molecule has 34 heavy (non-hydrogen) atoms. The van der Waals surface area contributed by atoms with Crippen LogP contribution >= 0.6 is 0 Å². The molecule has 2 aromatic carbocycles. The van der Waals surface area contributed by atoms with Gasteiger partial charge in [0.05, 0.1) is 18.2 Å². The fourth-order valence-electron chi connectivity index (χ4n) is 3.10. The molecule has 0 aliphatic carbocycles. The summed E-state index contributed by atoms with van der Waals surface area (Å²) in [5, 5.41) is 21.9. The van der Waals surface area contributed by atoms with Crippen molar-refractivity contribution in [1.82, 2.24) is 5.32 Å². The number of guanidine groups is 1. The van der Waals surface area contributed by atoms with Crippen LogP contribution in [0.25, 0.3) is 0 Å². The van der Waals surface area contributed by atoms with Crippen LogP contribution in [-0.4, -0.2) is 46.0 Å². The number of carbonyl (C=O) groups is 3. The third-order valence-corrected chi connectivity index (χ3v) is 4.74. The van der Waals surface area contributed by atoms with E-state index in [0.717, 1.165) is 0 Å². The van der Waals surface area contributed by atoms with E-state index in [1.807, 2.05) is 6.07 Å². The van der Waals surface area contributed by atoms with Gasteiger partial charge in [-0.05, 0) is 37.1 Å². The second-order valence-electron chi connectivity index (χ2n) is 7.57. The Bertz CT molecular complexity index is 1090. The lowest BCUT2D eigenvalue weighted by molar-refractivity contribution is -0.138. The van der Waals surface area contributed by atoms with Crippen molar-refractivity contribution >= 4 is 29.3 Å². The molecule has 0 saturated carbocycles. The minimum atomic E-state index is -1.35. The van der Waals surface area contributed by atoms with E-state index in [2.05, 4.69) is 22.2 Å². The average molecular weight is 465 g/mol. The van der Waals surface area contributed by atoms with Crippen LogP contribution in [0.5, 0.6) is 0 Å². The second-order valence-corrected chi connectivity index (χ2v) is 7.57. The highest BCUT2D eigenvalue weighted by molar-refractivity contribution is 5.97. The Morgan fingerprint density at radius 2 is 1.71 bits per heavy atom. The molecule has 1 amide bonds. The van der Waals surface area contributed by atoms with Crippen molar-refractivity contribution in [2.75, 3.05) is 0 Å². The minimum Gasteiger partial charge on any atom is -0.481 e. The van der Waals surface area contributed by atoms with E-state index >= 15 is 0 Å². The van der Waals surface area contributed by atoms with Gasteiger partial charge in [0.1, 0.15) is 6.10 Å². The largest absolute Gasteiger partial charge is 0.481 e. The minimum absolute atomic E-state index is 0.0796. The van der Waals surface area contributed by atoms with Crippen molar-refractivity contribution < 1.29 is 24.6 Å². The number of carboxylic acid groups (broad SMARTS) is 1. The van der Waals surface area contributed by atoms with E-state index in [0.29, 0.717) is 29.7 Å². The summed E-state index contributed by atoms with van der Waals surface area (Å²) in [4.78, 5) is 39.7. The van der Waals surface area contributed by atoms with Gasteiger partial charge in [-0.2, -0.15) is 0 Å². The summed E-state index contributed by atoms with van der Waals surface area (Å²) in [6.07, 6.45) is -0.644. The summed E-state index contributed by atoms with van der Waals surface area (Å²) >= 11 is 0. The van der Waals surface area contributed by atoms with Gasteiger partial charge in [-0.25, -0.2) is 4.99 Å². The molecule has 0 heterocycles. The molecule has 0 aliphatic rings. The van der Waals surface area contributed by atoms with Crippen LogP contribution < -0.4 is 16.8 Å². The first-order valence-corrected chi connectivity index (χ1v) is 10.7. The molecule has 178 valence electrons. The van der Waals surface area contributed by atoms with Crippen molar-refractivity contribution in [3.8, 4) is 11.8 Å². The molecule has 2 rings (SSSR count). The van der Waals surface area contributed by atoms with Crippen molar-refractivity contribution in [2.24, 2.45) is 16.5 Å². The molecule has 9 heteroatoms. The molecule has 2 aromatic rings. The number of ketones is 1. The lowest BCUT2D eigenvalue weighted by Crippen LogP contribution is -2.44. The van der Waals surface area contributed by atoms with E-state index in [9.17, 15) is 19.5 Å². The Morgan fingerprint density at radius 1 is 1.00 bits per heavy atom. The van der Waals surface area contributed by atoms with Crippen LogP contribution in [0.1, 0.15) is 48.0 Å². The molecular formula is C25H28N4O5. The molecule has 0 aromatic heterocycles. The molecule has 0 fully saturated rings. The van der Waals surface area contributed by atoms with E-state index in [4.69, 9.17) is 16.6 Å². The number of aliphatic imine (C=N–C) groups is 1. The third kappa shape index (κ3) is 9.54. The van der Waals surface area contributed by atoms with E-state index < -0.39 is 30.4 Å². The Hall–Kier alpha value is -4.16. The number of Topliss-reactive ketones (excluding diaryl/α,β-unsaturated/α-hetero) is 1. The topological polar surface area (TPSA) is 168 Å². The van der Waals surface area contributed by atoms with E-state index in [1.54, 1.807) is 48.5 Å². The van der Waals surface area contributed by atoms with Gasteiger partial charge in [-0.3, -0.25) is 14.4 Å². The number of aliphatic hydroxyl groups is 1. The Morgan fingerprint density at radius 3 is 2.38 bits per heavy atom. The SMILES string of the molecule is NC(N)=Nc1cccc(C(=O)CCCCC(=O)NC(CC(=O)O)C(O)C#Cc2ccccc2)c1. The number of benzene rings is 2. The van der Waals surface area contributed by atoms with E-state index in [1.165, 1.54) is 0 Å². The number of aliphatic carboxylic acids is 1. The molecular weight excluding hydrogens is 436 g/mol. The fraction of sp³-hybridized carbons (Fsp3) is 0.280. The summed E-state index contributed by atoms with van der Waals surface area (Å²) < 4.78 is 0. The molecule has 0 bridgehead atoms. The first-order valence-electron chi connectivity index (χ1n) is 10.7. The number of nitrogens with one attached hydrogen (secondary N) is 1. The third-order valence-electron chi connectivity index (χ3n) is 4.74. The highest BCUT2D eigenvalue weighted by Crippen LogP contribution is 2.16. The van der Waals surface area contributed by atoms with Crippen molar-refractivity contribution in [3.05, 3.63) is 65.7 Å². The van der Waals surface area contributed by atoms with Gasteiger partial charge < -0.3 is 27.0 Å². The maximum absolute atomic E-state index is 12.4. The first kappa shape index (κ1) is 26.1. The molecule has 0 saturated heterocycles. The Labute approximate surface area is 197 Å². The number of aliphatic hydroxyl groups excluding tert-OH is 1. The molecule has 9 nitrogen and oxygen atoms in total. The monoisotopic (exact) mass is 464 g/mol. The average Bonchev–Trinajstić information content (AvgIpc) is 2.80. The van der Waals surface area contributed by atoms with Crippen LogP contribution in [0, 0.1) is 11.8 Å².